The summed E-state index contributed by atoms with van der Waals surface area (Å²) in [4.78, 5) is 0. The van der Waals surface area contributed by atoms with Crippen molar-refractivity contribution in [3.8, 4) is 0 Å². The van der Waals surface area contributed by atoms with Gasteiger partial charge in [0.2, 0.25) is 0 Å². The van der Waals surface area contributed by atoms with Crippen molar-refractivity contribution in [1.82, 2.24) is 0 Å². The fraction of sp³-hybridized carbons (Fsp3) is 0.500. The first-order chi connectivity index (χ1) is 7.08. The second kappa shape index (κ2) is 3.89. The minimum Gasteiger partial charge on any atom is -0.324 e. The van der Waals surface area contributed by atoms with Crippen LogP contribution in [0, 0.1) is 23.5 Å². The molecule has 2 unspecified atom stereocenters. The van der Waals surface area contributed by atoms with Crippen LogP contribution in [0.15, 0.2) is 18.2 Å². The van der Waals surface area contributed by atoms with Crippen LogP contribution >= 0.6 is 0 Å². The maximum atomic E-state index is 13.0. The summed E-state index contributed by atoms with van der Waals surface area (Å²) in [5.74, 6) is -0.176. The highest BCUT2D eigenvalue weighted by atomic mass is 19.1. The third-order valence-corrected chi connectivity index (χ3v) is 3.20. The van der Waals surface area contributed by atoms with Crippen molar-refractivity contribution in [3.05, 3.63) is 35.4 Å². The van der Waals surface area contributed by atoms with Crippen molar-refractivity contribution >= 4 is 0 Å². The Morgan fingerprint density at radius 3 is 2.20 bits per heavy atom. The summed E-state index contributed by atoms with van der Waals surface area (Å²) in [5.41, 5.74) is 6.55. The lowest BCUT2D eigenvalue weighted by atomic mass is 9.91. The van der Waals surface area contributed by atoms with Gasteiger partial charge in [-0.25, -0.2) is 8.78 Å². The van der Waals surface area contributed by atoms with Gasteiger partial charge in [0.1, 0.15) is 11.6 Å². The Morgan fingerprint density at radius 1 is 1.20 bits per heavy atom. The zero-order valence-electron chi connectivity index (χ0n) is 8.71. The maximum Gasteiger partial charge on any atom is 0.126 e. The van der Waals surface area contributed by atoms with Gasteiger partial charge < -0.3 is 5.73 Å². The van der Waals surface area contributed by atoms with Crippen LogP contribution in [0.1, 0.15) is 31.4 Å². The molecule has 0 spiro atoms. The maximum absolute atomic E-state index is 13.0. The minimum absolute atomic E-state index is 0.261. The van der Waals surface area contributed by atoms with Crippen molar-refractivity contribution in [2.24, 2.45) is 17.6 Å². The number of hydrogen-bond donors (Lipinski definition) is 1. The molecular weight excluding hydrogens is 196 g/mol. The molecule has 1 aromatic rings. The summed E-state index contributed by atoms with van der Waals surface area (Å²) >= 11 is 0. The Labute approximate surface area is 88.3 Å². The van der Waals surface area contributed by atoms with Crippen LogP contribution in [0.3, 0.4) is 0 Å². The molecule has 0 heterocycles. The highest BCUT2D eigenvalue weighted by Crippen LogP contribution is 2.41. The number of rotatable bonds is 3. The number of benzene rings is 1. The van der Waals surface area contributed by atoms with Crippen LogP contribution in [0.4, 0.5) is 8.78 Å². The van der Waals surface area contributed by atoms with Gasteiger partial charge in [-0.15, -0.1) is 0 Å². The highest BCUT2D eigenvalue weighted by Gasteiger charge is 2.32. The zero-order valence-corrected chi connectivity index (χ0v) is 8.71. The molecule has 0 saturated heterocycles. The standard InChI is InChI=1S/C12H15F2N/c1-7(8-2-3-8)12(15)9-4-10(13)6-11(14)5-9/h4-8,12H,2-3,15H2,1H3. The first-order valence-corrected chi connectivity index (χ1v) is 5.29. The predicted molar refractivity (Wildman–Crippen MR) is 55.2 cm³/mol. The van der Waals surface area contributed by atoms with Crippen LogP contribution in [0.2, 0.25) is 0 Å². The van der Waals surface area contributed by atoms with Crippen molar-refractivity contribution in [3.63, 3.8) is 0 Å². The lowest BCUT2D eigenvalue weighted by Crippen LogP contribution is -2.20. The van der Waals surface area contributed by atoms with E-state index in [9.17, 15) is 8.78 Å². The van der Waals surface area contributed by atoms with Crippen molar-refractivity contribution < 1.29 is 8.78 Å². The van der Waals surface area contributed by atoms with Gasteiger partial charge in [-0.1, -0.05) is 6.92 Å². The molecule has 1 saturated carbocycles. The zero-order chi connectivity index (χ0) is 11.0. The van der Waals surface area contributed by atoms with Crippen LogP contribution in [-0.4, -0.2) is 0 Å². The molecule has 1 aromatic carbocycles. The molecule has 0 aromatic heterocycles. The Kier molecular flexibility index (Phi) is 2.74. The Morgan fingerprint density at radius 2 is 1.73 bits per heavy atom. The number of nitrogens with two attached hydrogens (primary N) is 1. The molecular formula is C12H15F2N. The molecule has 2 atom stereocenters. The molecule has 2 rings (SSSR count). The molecule has 1 fully saturated rings. The normalized spacial score (nSPS) is 20.0. The first kappa shape index (κ1) is 10.6. The molecule has 0 radical (unpaired) electrons. The molecule has 3 heteroatoms. The molecule has 0 aliphatic heterocycles. The van der Waals surface area contributed by atoms with E-state index in [4.69, 9.17) is 5.73 Å². The fourth-order valence-electron chi connectivity index (χ4n) is 1.99. The van der Waals surface area contributed by atoms with E-state index in [-0.39, 0.29) is 6.04 Å². The topological polar surface area (TPSA) is 26.0 Å². The fourth-order valence-corrected chi connectivity index (χ4v) is 1.99. The van der Waals surface area contributed by atoms with Crippen LogP contribution in [-0.2, 0) is 0 Å². The van der Waals surface area contributed by atoms with Gasteiger partial charge in [-0.3, -0.25) is 0 Å². The van der Waals surface area contributed by atoms with Crippen LogP contribution in [0.25, 0.3) is 0 Å². The highest BCUT2D eigenvalue weighted by molar-refractivity contribution is 5.22. The van der Waals surface area contributed by atoms with E-state index in [2.05, 4.69) is 0 Å². The molecule has 15 heavy (non-hydrogen) atoms. The van der Waals surface area contributed by atoms with Gasteiger partial charge in [0.25, 0.3) is 0 Å². The van der Waals surface area contributed by atoms with E-state index in [1.165, 1.54) is 25.0 Å². The van der Waals surface area contributed by atoms with Gasteiger partial charge in [0.15, 0.2) is 0 Å². The SMILES string of the molecule is CC(C1CC1)C(N)c1cc(F)cc(F)c1. The Balaban J connectivity index is 2.19. The van der Waals surface area contributed by atoms with Crippen molar-refractivity contribution in [2.45, 2.75) is 25.8 Å². The summed E-state index contributed by atoms with van der Waals surface area (Å²) in [7, 11) is 0. The molecule has 1 aliphatic carbocycles. The molecule has 0 bridgehead atoms. The average Bonchev–Trinajstić information content (AvgIpc) is 2.97. The van der Waals surface area contributed by atoms with E-state index in [1.807, 2.05) is 6.92 Å². The average molecular weight is 211 g/mol. The second-order valence-corrected chi connectivity index (χ2v) is 4.43. The molecule has 1 nitrogen and oxygen atoms in total. The second-order valence-electron chi connectivity index (χ2n) is 4.43. The summed E-state index contributed by atoms with van der Waals surface area (Å²) in [6, 6.07) is 3.26. The van der Waals surface area contributed by atoms with Crippen LogP contribution < -0.4 is 5.73 Å². The Hall–Kier alpha value is -0.960. The predicted octanol–water partition coefficient (Wildman–Crippen LogP) is 3.01. The molecule has 82 valence electrons. The monoisotopic (exact) mass is 211 g/mol. The van der Waals surface area contributed by atoms with Crippen molar-refractivity contribution in [2.75, 3.05) is 0 Å². The van der Waals surface area contributed by atoms with Gasteiger partial charge >= 0.3 is 0 Å². The molecule has 2 N–H and O–H groups in total. The summed E-state index contributed by atoms with van der Waals surface area (Å²) in [6.45, 7) is 2.05. The van der Waals surface area contributed by atoms with Crippen LogP contribution in [0.5, 0.6) is 0 Å². The molecule has 0 amide bonds. The molecule has 1 aliphatic rings. The van der Waals surface area contributed by atoms with Gasteiger partial charge in [-0.2, -0.15) is 0 Å². The summed E-state index contributed by atoms with van der Waals surface area (Å²) < 4.78 is 25.9. The quantitative estimate of drug-likeness (QED) is 0.817. The van der Waals surface area contributed by atoms with Gasteiger partial charge in [0, 0.05) is 12.1 Å². The number of halogens is 2. The van der Waals surface area contributed by atoms with E-state index >= 15 is 0 Å². The van der Waals surface area contributed by atoms with E-state index in [1.54, 1.807) is 0 Å². The lowest BCUT2D eigenvalue weighted by Gasteiger charge is -2.19. The smallest absolute Gasteiger partial charge is 0.126 e. The van der Waals surface area contributed by atoms with E-state index < -0.39 is 11.6 Å². The summed E-state index contributed by atoms with van der Waals surface area (Å²) in [6.07, 6.45) is 2.37. The first-order valence-electron chi connectivity index (χ1n) is 5.29. The number of hydrogen-bond acceptors (Lipinski definition) is 1. The summed E-state index contributed by atoms with van der Waals surface area (Å²) in [5, 5.41) is 0. The third kappa shape index (κ3) is 2.34. The minimum atomic E-state index is -0.552. The van der Waals surface area contributed by atoms with E-state index in [0.29, 0.717) is 17.4 Å². The van der Waals surface area contributed by atoms with Crippen molar-refractivity contribution in [1.29, 1.82) is 0 Å². The van der Waals surface area contributed by atoms with E-state index in [0.717, 1.165) is 6.07 Å². The van der Waals surface area contributed by atoms with Gasteiger partial charge in [-0.05, 0) is 42.4 Å². The van der Waals surface area contributed by atoms with Gasteiger partial charge in [0.05, 0.1) is 0 Å². The largest absolute Gasteiger partial charge is 0.324 e. The Bertz CT molecular complexity index is 340. The third-order valence-electron chi connectivity index (χ3n) is 3.20. The lowest BCUT2D eigenvalue weighted by molar-refractivity contribution is 0.414.